The Morgan fingerprint density at radius 3 is 2.23 bits per heavy atom. The minimum absolute atomic E-state index is 0.964. The lowest BCUT2D eigenvalue weighted by Crippen LogP contribution is -2.37. The van der Waals surface area contributed by atoms with E-state index in [9.17, 15) is 9.59 Å². The first kappa shape index (κ1) is 11.6. The fraction of sp³-hybridized carbons (Fsp3) is 0.500. The molecular weight excluding hydrogens is 176 g/mol. The molecule has 0 aromatic rings. The second-order valence-electron chi connectivity index (χ2n) is 2.96. The molecule has 5 nitrogen and oxygen atoms in total. The van der Waals surface area contributed by atoms with Gasteiger partial charge < -0.3 is 14.9 Å². The minimum Gasteiger partial charge on any atom is -0.478 e. The van der Waals surface area contributed by atoms with E-state index >= 15 is 0 Å². The third-order valence-corrected chi connectivity index (χ3v) is 1.19. The van der Waals surface area contributed by atoms with Gasteiger partial charge >= 0.3 is 11.9 Å². The van der Waals surface area contributed by atoms with Crippen molar-refractivity contribution < 1.29 is 24.5 Å². The smallest absolute Gasteiger partial charge is 0.349 e. The van der Waals surface area contributed by atoms with Crippen LogP contribution < -0.4 is 0 Å². The predicted molar refractivity (Wildman–Crippen MR) is 44.0 cm³/mol. The van der Waals surface area contributed by atoms with Crippen molar-refractivity contribution in [3.8, 4) is 0 Å². The van der Waals surface area contributed by atoms with Crippen LogP contribution in [0.1, 0.15) is 13.8 Å². The molecule has 2 N–H and O–H groups in total. The van der Waals surface area contributed by atoms with Crippen LogP contribution in [0, 0.1) is 0 Å². The lowest BCUT2D eigenvalue weighted by Gasteiger charge is -2.17. The van der Waals surface area contributed by atoms with Crippen LogP contribution in [0.4, 0.5) is 0 Å². The standard InChI is InChI=1S/C8H12O5/c1-4-5(6(9)10)13-7(11)8(2,3)12/h4-5,12H,1H2,2-3H3,(H,9,10). The average Bonchev–Trinajstić information content (AvgIpc) is 1.96. The summed E-state index contributed by atoms with van der Waals surface area (Å²) in [7, 11) is 0. The highest BCUT2D eigenvalue weighted by molar-refractivity contribution is 5.83. The van der Waals surface area contributed by atoms with Gasteiger partial charge in [0.1, 0.15) is 0 Å². The van der Waals surface area contributed by atoms with Crippen molar-refractivity contribution in [1.82, 2.24) is 0 Å². The summed E-state index contributed by atoms with van der Waals surface area (Å²) in [6.45, 7) is 5.59. The van der Waals surface area contributed by atoms with Crippen LogP contribution >= 0.6 is 0 Å². The molecule has 0 saturated heterocycles. The number of carboxylic acid groups (broad SMARTS) is 1. The summed E-state index contributed by atoms with van der Waals surface area (Å²) in [4.78, 5) is 21.3. The average molecular weight is 188 g/mol. The number of aliphatic hydroxyl groups is 1. The Balaban J connectivity index is 4.35. The van der Waals surface area contributed by atoms with Crippen LogP contribution in [0.15, 0.2) is 12.7 Å². The van der Waals surface area contributed by atoms with E-state index < -0.39 is 23.6 Å². The van der Waals surface area contributed by atoms with Crippen molar-refractivity contribution in [1.29, 1.82) is 0 Å². The molecule has 5 heteroatoms. The summed E-state index contributed by atoms with van der Waals surface area (Å²) in [5, 5.41) is 17.6. The Bertz CT molecular complexity index is 225. The van der Waals surface area contributed by atoms with Crippen LogP contribution in [-0.4, -0.2) is 33.9 Å². The lowest BCUT2D eigenvalue weighted by atomic mass is 10.1. The van der Waals surface area contributed by atoms with Crippen molar-refractivity contribution >= 4 is 11.9 Å². The van der Waals surface area contributed by atoms with Gasteiger partial charge in [0.15, 0.2) is 5.60 Å². The van der Waals surface area contributed by atoms with Crippen LogP contribution in [-0.2, 0) is 14.3 Å². The summed E-state index contributed by atoms with van der Waals surface area (Å²) in [5.74, 6) is -2.33. The highest BCUT2D eigenvalue weighted by Crippen LogP contribution is 2.06. The molecule has 0 fully saturated rings. The van der Waals surface area contributed by atoms with E-state index in [4.69, 9.17) is 10.2 Å². The summed E-state index contributed by atoms with van der Waals surface area (Å²) in [6.07, 6.45) is -0.453. The molecule has 0 saturated carbocycles. The molecule has 0 amide bonds. The maximum Gasteiger partial charge on any atom is 0.349 e. The minimum atomic E-state index is -1.70. The first-order chi connectivity index (χ1) is 5.79. The SMILES string of the molecule is C=CC(OC(=O)C(C)(C)O)C(=O)O. The number of hydrogen-bond acceptors (Lipinski definition) is 4. The Kier molecular flexibility index (Phi) is 3.62. The number of carbonyl (C=O) groups is 2. The van der Waals surface area contributed by atoms with Gasteiger partial charge in [-0.3, -0.25) is 0 Å². The summed E-state index contributed by atoms with van der Waals surface area (Å²) in [5.41, 5.74) is -1.70. The second kappa shape index (κ2) is 4.04. The number of aliphatic carboxylic acids is 1. The van der Waals surface area contributed by atoms with Crippen molar-refractivity contribution in [2.75, 3.05) is 0 Å². The molecule has 74 valence electrons. The number of rotatable bonds is 4. The molecule has 0 aromatic carbocycles. The molecule has 13 heavy (non-hydrogen) atoms. The van der Waals surface area contributed by atoms with E-state index in [-0.39, 0.29) is 0 Å². The molecule has 0 radical (unpaired) electrons. The van der Waals surface area contributed by atoms with Crippen molar-refractivity contribution in [2.45, 2.75) is 25.6 Å². The van der Waals surface area contributed by atoms with E-state index in [2.05, 4.69) is 11.3 Å². The maximum atomic E-state index is 11.0. The number of carboxylic acids is 1. The first-order valence-corrected chi connectivity index (χ1v) is 3.58. The Labute approximate surface area is 75.6 Å². The fourth-order valence-electron chi connectivity index (χ4n) is 0.459. The van der Waals surface area contributed by atoms with Crippen LogP contribution in [0.2, 0.25) is 0 Å². The van der Waals surface area contributed by atoms with E-state index in [0.717, 1.165) is 6.08 Å². The molecule has 0 heterocycles. The topological polar surface area (TPSA) is 83.8 Å². The van der Waals surface area contributed by atoms with Crippen LogP contribution in [0.25, 0.3) is 0 Å². The van der Waals surface area contributed by atoms with Crippen molar-refractivity contribution in [3.05, 3.63) is 12.7 Å². The summed E-state index contributed by atoms with van der Waals surface area (Å²) in [6, 6.07) is 0. The van der Waals surface area contributed by atoms with Gasteiger partial charge in [-0.1, -0.05) is 6.58 Å². The molecule has 1 unspecified atom stereocenters. The Hall–Kier alpha value is -1.36. The number of ether oxygens (including phenoxy) is 1. The number of hydrogen-bond donors (Lipinski definition) is 2. The summed E-state index contributed by atoms with van der Waals surface area (Å²) < 4.78 is 4.42. The van der Waals surface area contributed by atoms with Gasteiger partial charge in [0.05, 0.1) is 0 Å². The van der Waals surface area contributed by atoms with E-state index in [1.807, 2.05) is 0 Å². The molecule has 0 spiro atoms. The number of esters is 1. The van der Waals surface area contributed by atoms with Gasteiger partial charge in [-0.25, -0.2) is 9.59 Å². The zero-order valence-corrected chi connectivity index (χ0v) is 7.48. The van der Waals surface area contributed by atoms with Crippen LogP contribution in [0.5, 0.6) is 0 Å². The van der Waals surface area contributed by atoms with Gasteiger partial charge in [-0.05, 0) is 19.9 Å². The van der Waals surface area contributed by atoms with Crippen molar-refractivity contribution in [2.24, 2.45) is 0 Å². The molecule has 0 rings (SSSR count). The quantitative estimate of drug-likeness (QED) is 0.477. The molecule has 0 aromatic heterocycles. The normalized spacial score (nSPS) is 13.2. The third kappa shape index (κ3) is 3.71. The van der Waals surface area contributed by atoms with E-state index in [0.29, 0.717) is 0 Å². The maximum absolute atomic E-state index is 11.0. The van der Waals surface area contributed by atoms with Gasteiger partial charge in [-0.2, -0.15) is 0 Å². The van der Waals surface area contributed by atoms with Crippen molar-refractivity contribution in [3.63, 3.8) is 0 Å². The van der Waals surface area contributed by atoms with Crippen LogP contribution in [0.3, 0.4) is 0 Å². The monoisotopic (exact) mass is 188 g/mol. The third-order valence-electron chi connectivity index (χ3n) is 1.19. The zero-order valence-electron chi connectivity index (χ0n) is 7.48. The van der Waals surface area contributed by atoms with Gasteiger partial charge in [0.2, 0.25) is 6.10 Å². The predicted octanol–water partition coefficient (Wildman–Crippen LogP) is -0.0603. The Morgan fingerprint density at radius 1 is 1.54 bits per heavy atom. The molecule has 0 aliphatic carbocycles. The van der Waals surface area contributed by atoms with E-state index in [1.165, 1.54) is 13.8 Å². The zero-order chi connectivity index (χ0) is 10.6. The molecule has 0 bridgehead atoms. The summed E-state index contributed by atoms with van der Waals surface area (Å²) >= 11 is 0. The van der Waals surface area contributed by atoms with E-state index in [1.54, 1.807) is 0 Å². The second-order valence-corrected chi connectivity index (χ2v) is 2.96. The molecule has 0 aliphatic heterocycles. The largest absolute Gasteiger partial charge is 0.478 e. The first-order valence-electron chi connectivity index (χ1n) is 3.58. The lowest BCUT2D eigenvalue weighted by molar-refractivity contribution is -0.172. The highest BCUT2D eigenvalue weighted by atomic mass is 16.6. The fourth-order valence-corrected chi connectivity index (χ4v) is 0.459. The molecule has 1 atom stereocenters. The van der Waals surface area contributed by atoms with Gasteiger partial charge in [0.25, 0.3) is 0 Å². The molecular formula is C8H12O5. The van der Waals surface area contributed by atoms with Gasteiger partial charge in [-0.15, -0.1) is 0 Å². The van der Waals surface area contributed by atoms with Gasteiger partial charge in [0, 0.05) is 0 Å². The Morgan fingerprint density at radius 2 is 2.00 bits per heavy atom. The highest BCUT2D eigenvalue weighted by Gasteiger charge is 2.29. The molecule has 0 aliphatic rings. The number of carbonyl (C=O) groups excluding carboxylic acids is 1.